The Kier molecular flexibility index (Phi) is 8.22. The normalized spacial score (nSPS) is 17.4. The van der Waals surface area contributed by atoms with Crippen LogP contribution in [0.5, 0.6) is 5.75 Å². The van der Waals surface area contributed by atoms with E-state index in [4.69, 9.17) is 9.84 Å². The van der Waals surface area contributed by atoms with E-state index in [1.165, 1.54) is 29.3 Å². The fourth-order valence-corrected chi connectivity index (χ4v) is 6.59. The Morgan fingerprint density at radius 1 is 1.02 bits per heavy atom. The smallest absolute Gasteiger partial charge is 0.416 e. The SMILES string of the molecule is COc1cc2nn(C3CCN(Cc4ccc5c(c4)CN(N4CCC(=O)NC4=O)C5=O)CC3)cc2cc1NC(=O)c1cccc(C(F)(F)F)c1. The first kappa shape index (κ1) is 32.1. The topological polar surface area (TPSA) is 129 Å². The van der Waals surface area contributed by atoms with E-state index in [1.807, 2.05) is 23.0 Å². The standard InChI is InChI=1S/C34H32F3N7O5/c1-49-29-16-27-23(15-28(29)38-31(46)21-3-2-4-24(14-21)34(35,36)37)18-42(40-27)25-7-10-41(11-8-25)17-20-5-6-26-22(13-20)19-44(32(26)47)43-12-9-30(45)39-33(43)48/h2-6,13-16,18,25H,7-12,17,19H2,1H3,(H,38,46)(H,39,45,48). The van der Waals surface area contributed by atoms with E-state index in [0.29, 0.717) is 29.1 Å². The summed E-state index contributed by atoms with van der Waals surface area (Å²) < 4.78 is 46.9. The van der Waals surface area contributed by atoms with Gasteiger partial charge in [-0.25, -0.2) is 14.8 Å². The number of urea groups is 1. The number of anilines is 1. The molecule has 2 saturated heterocycles. The number of aromatic nitrogens is 2. The molecule has 15 heteroatoms. The minimum Gasteiger partial charge on any atom is -0.494 e. The number of rotatable bonds is 7. The lowest BCUT2D eigenvalue weighted by atomic mass is 10.0. The number of likely N-dealkylation sites (tertiary alicyclic amines) is 1. The zero-order chi connectivity index (χ0) is 34.4. The molecule has 254 valence electrons. The van der Waals surface area contributed by atoms with Crippen molar-refractivity contribution >= 4 is 40.3 Å². The maximum absolute atomic E-state index is 13.2. The predicted octanol–water partition coefficient (Wildman–Crippen LogP) is 4.97. The van der Waals surface area contributed by atoms with Crippen molar-refractivity contribution in [1.29, 1.82) is 0 Å². The minimum atomic E-state index is -4.57. The first-order chi connectivity index (χ1) is 23.5. The lowest BCUT2D eigenvalue weighted by molar-refractivity contribution is -0.137. The van der Waals surface area contributed by atoms with Gasteiger partial charge in [0.15, 0.2) is 0 Å². The average molecular weight is 676 g/mol. The van der Waals surface area contributed by atoms with Crippen molar-refractivity contribution in [3.63, 3.8) is 0 Å². The van der Waals surface area contributed by atoms with E-state index in [-0.39, 0.29) is 42.9 Å². The van der Waals surface area contributed by atoms with Crippen molar-refractivity contribution in [2.45, 2.75) is 44.6 Å². The molecular formula is C34H32F3N7O5. The molecule has 0 aliphatic carbocycles. The van der Waals surface area contributed by atoms with Gasteiger partial charge in [0.05, 0.1) is 43.0 Å². The molecule has 0 unspecified atom stereocenters. The second kappa shape index (κ2) is 12.5. The zero-order valence-electron chi connectivity index (χ0n) is 26.4. The number of ether oxygens (including phenoxy) is 1. The second-order valence-electron chi connectivity index (χ2n) is 12.3. The highest BCUT2D eigenvalue weighted by Crippen LogP contribution is 2.34. The molecule has 0 saturated carbocycles. The number of alkyl halides is 3. The maximum atomic E-state index is 13.2. The van der Waals surface area contributed by atoms with Crippen LogP contribution in [0.3, 0.4) is 0 Å². The van der Waals surface area contributed by atoms with E-state index in [0.717, 1.165) is 54.6 Å². The van der Waals surface area contributed by atoms with Crippen LogP contribution in [0.1, 0.15) is 62.7 Å². The third-order valence-electron chi connectivity index (χ3n) is 9.16. The number of methoxy groups -OCH3 is 1. The summed E-state index contributed by atoms with van der Waals surface area (Å²) in [6.45, 7) is 2.74. The van der Waals surface area contributed by atoms with Gasteiger partial charge in [0.25, 0.3) is 11.8 Å². The zero-order valence-corrected chi connectivity index (χ0v) is 26.4. The van der Waals surface area contributed by atoms with Gasteiger partial charge in [-0.1, -0.05) is 18.2 Å². The Bertz CT molecular complexity index is 1990. The average Bonchev–Trinajstić information content (AvgIpc) is 3.64. The third kappa shape index (κ3) is 6.40. The predicted molar refractivity (Wildman–Crippen MR) is 170 cm³/mol. The van der Waals surface area contributed by atoms with Crippen molar-refractivity contribution in [3.8, 4) is 5.75 Å². The maximum Gasteiger partial charge on any atom is 0.416 e. The molecule has 0 radical (unpaired) electrons. The molecule has 3 aliphatic heterocycles. The molecule has 49 heavy (non-hydrogen) atoms. The quantitative estimate of drug-likeness (QED) is 0.283. The van der Waals surface area contributed by atoms with Gasteiger partial charge in [0.1, 0.15) is 5.75 Å². The number of hydrazine groups is 1. The molecule has 0 bridgehead atoms. The van der Waals surface area contributed by atoms with Crippen LogP contribution in [-0.4, -0.2) is 75.2 Å². The number of piperidine rings is 1. The van der Waals surface area contributed by atoms with Crippen LogP contribution in [0.2, 0.25) is 0 Å². The molecule has 0 spiro atoms. The summed E-state index contributed by atoms with van der Waals surface area (Å²) in [5, 5.41) is 13.1. The summed E-state index contributed by atoms with van der Waals surface area (Å²) in [6.07, 6.45) is -0.852. The van der Waals surface area contributed by atoms with Gasteiger partial charge < -0.3 is 10.1 Å². The Morgan fingerprint density at radius 3 is 2.55 bits per heavy atom. The van der Waals surface area contributed by atoms with E-state index in [2.05, 4.69) is 15.5 Å². The van der Waals surface area contributed by atoms with Crippen molar-refractivity contribution in [2.24, 2.45) is 0 Å². The lowest BCUT2D eigenvalue weighted by Crippen LogP contribution is -2.56. The van der Waals surface area contributed by atoms with Crippen LogP contribution in [0.15, 0.2) is 60.8 Å². The molecule has 4 aromatic rings. The van der Waals surface area contributed by atoms with Crippen molar-refractivity contribution < 1.29 is 37.1 Å². The Morgan fingerprint density at radius 2 is 1.82 bits per heavy atom. The van der Waals surface area contributed by atoms with Crippen LogP contribution in [-0.2, 0) is 24.1 Å². The number of benzene rings is 3. The highest BCUT2D eigenvalue weighted by Gasteiger charge is 2.37. The second-order valence-corrected chi connectivity index (χ2v) is 12.3. The first-order valence-corrected chi connectivity index (χ1v) is 15.8. The Labute approximate surface area is 278 Å². The van der Waals surface area contributed by atoms with Crippen molar-refractivity contribution in [3.05, 3.63) is 88.6 Å². The van der Waals surface area contributed by atoms with E-state index in [9.17, 15) is 32.3 Å². The van der Waals surface area contributed by atoms with Gasteiger partial charge in [-0.3, -0.25) is 29.3 Å². The van der Waals surface area contributed by atoms with Gasteiger partial charge in [0.2, 0.25) is 5.91 Å². The summed E-state index contributed by atoms with van der Waals surface area (Å²) in [4.78, 5) is 52.1. The van der Waals surface area contributed by atoms with Crippen molar-refractivity contribution in [2.75, 3.05) is 32.1 Å². The molecule has 2 N–H and O–H groups in total. The van der Waals surface area contributed by atoms with Crippen molar-refractivity contribution in [1.82, 2.24) is 30.0 Å². The minimum absolute atomic E-state index is 0.125. The molecule has 12 nitrogen and oxygen atoms in total. The summed E-state index contributed by atoms with van der Waals surface area (Å²) in [5.41, 5.74) is 2.39. The van der Waals surface area contributed by atoms with Crippen LogP contribution in [0.4, 0.5) is 23.7 Å². The first-order valence-electron chi connectivity index (χ1n) is 15.8. The number of nitrogens with zero attached hydrogens (tertiary/aromatic N) is 5. The monoisotopic (exact) mass is 675 g/mol. The molecular weight excluding hydrogens is 643 g/mol. The van der Waals surface area contributed by atoms with Crippen LogP contribution >= 0.6 is 0 Å². The third-order valence-corrected chi connectivity index (χ3v) is 9.16. The highest BCUT2D eigenvalue weighted by molar-refractivity contribution is 6.06. The number of carbonyl (C=O) groups is 4. The molecule has 3 aliphatic rings. The largest absolute Gasteiger partial charge is 0.494 e. The fraction of sp³-hybridized carbons (Fsp3) is 0.324. The molecule has 3 aromatic carbocycles. The highest BCUT2D eigenvalue weighted by atomic mass is 19.4. The van der Waals surface area contributed by atoms with Gasteiger partial charge in [0, 0.05) is 54.8 Å². The van der Waals surface area contributed by atoms with Gasteiger partial charge in [-0.15, -0.1) is 0 Å². The van der Waals surface area contributed by atoms with E-state index in [1.54, 1.807) is 18.2 Å². The summed E-state index contributed by atoms with van der Waals surface area (Å²) in [7, 11) is 1.44. The van der Waals surface area contributed by atoms with E-state index >= 15 is 0 Å². The lowest BCUT2D eigenvalue weighted by Gasteiger charge is -2.33. The molecule has 4 heterocycles. The number of fused-ring (bicyclic) bond motifs is 2. The van der Waals surface area contributed by atoms with Crippen LogP contribution in [0.25, 0.3) is 10.9 Å². The van der Waals surface area contributed by atoms with Gasteiger partial charge in [-0.05, 0) is 54.3 Å². The summed E-state index contributed by atoms with van der Waals surface area (Å²) >= 11 is 0. The molecule has 2 fully saturated rings. The van der Waals surface area contributed by atoms with Crippen LogP contribution < -0.4 is 15.4 Å². The number of imide groups is 1. The molecule has 0 atom stereocenters. The number of hydrogen-bond donors (Lipinski definition) is 2. The Hall–Kier alpha value is -5.44. The number of hydrogen-bond acceptors (Lipinski definition) is 7. The number of halogens is 3. The number of carbonyl (C=O) groups excluding carboxylic acids is 4. The molecule has 7 rings (SSSR count). The fourth-order valence-electron chi connectivity index (χ4n) is 6.59. The summed E-state index contributed by atoms with van der Waals surface area (Å²) in [6, 6.07) is 12.9. The number of amides is 5. The molecule has 1 aromatic heterocycles. The van der Waals surface area contributed by atoms with Gasteiger partial charge >= 0.3 is 12.2 Å². The van der Waals surface area contributed by atoms with Crippen LogP contribution in [0, 0.1) is 0 Å². The van der Waals surface area contributed by atoms with E-state index < -0.39 is 23.7 Å². The number of nitrogens with one attached hydrogen (secondary N) is 2. The Balaban J connectivity index is 0.985. The van der Waals surface area contributed by atoms with Gasteiger partial charge in [-0.2, -0.15) is 18.3 Å². The summed E-state index contributed by atoms with van der Waals surface area (Å²) in [5.74, 6) is -0.974. The molecule has 5 amide bonds.